The molecular formula is C20H20N4O2S. The standard InChI is InChI=1S/C20H20N4O2S/c1-3-26-17-11-6-9-16(14-17)19-22-23-20(27)24(19)21-13-7-10-15-8-4-5-12-18(15)25-2/h4-14H,3H2,1-2H3,(H,23,27)/b10-7+,21-13+. The number of hydrogen-bond donors (Lipinski definition) is 1. The number of aromatic nitrogens is 3. The summed E-state index contributed by atoms with van der Waals surface area (Å²) in [5.74, 6) is 2.19. The number of rotatable bonds is 7. The Bertz CT molecular complexity index is 1020. The third kappa shape index (κ3) is 4.51. The minimum absolute atomic E-state index is 0.411. The molecule has 1 heterocycles. The van der Waals surface area contributed by atoms with Crippen LogP contribution in [0, 0.1) is 4.77 Å². The molecule has 138 valence electrons. The van der Waals surface area contributed by atoms with Gasteiger partial charge in [0, 0.05) is 17.3 Å². The van der Waals surface area contributed by atoms with E-state index in [4.69, 9.17) is 21.7 Å². The molecule has 0 bridgehead atoms. The molecule has 0 spiro atoms. The van der Waals surface area contributed by atoms with Crippen LogP contribution >= 0.6 is 12.2 Å². The van der Waals surface area contributed by atoms with Crippen LogP contribution in [0.3, 0.4) is 0 Å². The highest BCUT2D eigenvalue weighted by atomic mass is 32.1. The molecule has 3 aromatic rings. The Hall–Kier alpha value is -3.19. The molecule has 0 fully saturated rings. The average molecular weight is 380 g/mol. The van der Waals surface area contributed by atoms with E-state index in [1.165, 1.54) is 0 Å². The molecule has 1 aromatic heterocycles. The maximum Gasteiger partial charge on any atom is 0.216 e. The van der Waals surface area contributed by atoms with E-state index < -0.39 is 0 Å². The highest BCUT2D eigenvalue weighted by Gasteiger charge is 2.08. The van der Waals surface area contributed by atoms with Crippen LogP contribution in [-0.4, -0.2) is 34.8 Å². The first-order chi connectivity index (χ1) is 13.2. The summed E-state index contributed by atoms with van der Waals surface area (Å²) in [6, 6.07) is 15.4. The van der Waals surface area contributed by atoms with Crippen molar-refractivity contribution in [3.05, 3.63) is 64.9 Å². The van der Waals surface area contributed by atoms with E-state index in [1.807, 2.05) is 67.6 Å². The van der Waals surface area contributed by atoms with Gasteiger partial charge in [0.25, 0.3) is 0 Å². The van der Waals surface area contributed by atoms with Crippen LogP contribution in [0.1, 0.15) is 12.5 Å². The van der Waals surface area contributed by atoms with Gasteiger partial charge in [0.15, 0.2) is 5.82 Å². The number of methoxy groups -OCH3 is 1. The molecular weight excluding hydrogens is 360 g/mol. The Morgan fingerprint density at radius 3 is 2.89 bits per heavy atom. The van der Waals surface area contributed by atoms with Crippen LogP contribution < -0.4 is 9.47 Å². The summed E-state index contributed by atoms with van der Waals surface area (Å²) in [4.78, 5) is 0. The molecule has 0 amide bonds. The van der Waals surface area contributed by atoms with E-state index in [0.29, 0.717) is 17.2 Å². The fourth-order valence-electron chi connectivity index (χ4n) is 2.53. The lowest BCUT2D eigenvalue weighted by atomic mass is 10.2. The molecule has 27 heavy (non-hydrogen) atoms. The van der Waals surface area contributed by atoms with Crippen molar-refractivity contribution < 1.29 is 9.47 Å². The van der Waals surface area contributed by atoms with Crippen molar-refractivity contribution in [3.8, 4) is 22.9 Å². The van der Waals surface area contributed by atoms with Gasteiger partial charge in [-0.05, 0) is 49.5 Å². The number of para-hydroxylation sites is 1. The maximum atomic E-state index is 5.55. The van der Waals surface area contributed by atoms with Gasteiger partial charge in [-0.25, -0.2) is 5.10 Å². The van der Waals surface area contributed by atoms with Gasteiger partial charge in [-0.15, -0.1) is 0 Å². The monoisotopic (exact) mass is 380 g/mol. The Morgan fingerprint density at radius 2 is 2.07 bits per heavy atom. The van der Waals surface area contributed by atoms with E-state index in [2.05, 4.69) is 15.3 Å². The molecule has 0 unspecified atom stereocenters. The van der Waals surface area contributed by atoms with E-state index in [1.54, 1.807) is 18.0 Å². The van der Waals surface area contributed by atoms with Gasteiger partial charge in [0.2, 0.25) is 4.77 Å². The maximum absolute atomic E-state index is 5.55. The van der Waals surface area contributed by atoms with Crippen LogP contribution in [0.25, 0.3) is 17.5 Å². The third-order valence-electron chi connectivity index (χ3n) is 3.74. The van der Waals surface area contributed by atoms with E-state index in [-0.39, 0.29) is 0 Å². The van der Waals surface area contributed by atoms with Gasteiger partial charge < -0.3 is 9.47 Å². The summed E-state index contributed by atoms with van der Waals surface area (Å²) < 4.78 is 12.9. The van der Waals surface area contributed by atoms with Gasteiger partial charge in [0.05, 0.1) is 13.7 Å². The van der Waals surface area contributed by atoms with E-state index >= 15 is 0 Å². The largest absolute Gasteiger partial charge is 0.496 e. The van der Waals surface area contributed by atoms with Crippen LogP contribution in [0.5, 0.6) is 11.5 Å². The second-order valence-corrected chi connectivity index (χ2v) is 5.88. The highest BCUT2D eigenvalue weighted by Crippen LogP contribution is 2.22. The molecule has 3 rings (SSSR count). The van der Waals surface area contributed by atoms with Crippen LogP contribution in [0.15, 0.2) is 59.7 Å². The zero-order chi connectivity index (χ0) is 19.1. The molecule has 0 aliphatic carbocycles. The summed E-state index contributed by atoms with van der Waals surface area (Å²) in [6.07, 6.45) is 5.40. The van der Waals surface area contributed by atoms with Crippen molar-refractivity contribution in [3.63, 3.8) is 0 Å². The molecule has 0 aliphatic rings. The van der Waals surface area contributed by atoms with Gasteiger partial charge in [-0.2, -0.15) is 14.9 Å². The predicted molar refractivity (Wildman–Crippen MR) is 110 cm³/mol. The summed E-state index contributed by atoms with van der Waals surface area (Å²) in [7, 11) is 1.65. The molecule has 0 radical (unpaired) electrons. The SMILES string of the molecule is CCOc1cccc(-c2n[nH]c(=S)n2/N=C/C=C/c2ccccc2OC)c1. The number of nitrogens with zero attached hydrogens (tertiary/aromatic N) is 3. The van der Waals surface area contributed by atoms with Crippen LogP contribution in [0.2, 0.25) is 0 Å². The number of allylic oxidation sites excluding steroid dienone is 1. The number of H-pyrrole nitrogens is 1. The lowest BCUT2D eigenvalue weighted by Crippen LogP contribution is -1.95. The molecule has 0 saturated carbocycles. The Labute approximate surface area is 162 Å². The van der Waals surface area contributed by atoms with Crippen LogP contribution in [-0.2, 0) is 0 Å². The molecule has 0 aliphatic heterocycles. The molecule has 6 nitrogen and oxygen atoms in total. The number of benzene rings is 2. The van der Waals surface area contributed by atoms with Crippen molar-refractivity contribution >= 4 is 24.5 Å². The first-order valence-corrected chi connectivity index (χ1v) is 8.88. The number of nitrogens with one attached hydrogen (secondary N) is 1. The fraction of sp³-hybridized carbons (Fsp3) is 0.150. The summed E-state index contributed by atoms with van der Waals surface area (Å²) in [6.45, 7) is 2.54. The lowest BCUT2D eigenvalue weighted by molar-refractivity contribution is 0.340. The lowest BCUT2D eigenvalue weighted by Gasteiger charge is -2.05. The first-order valence-electron chi connectivity index (χ1n) is 8.47. The smallest absolute Gasteiger partial charge is 0.216 e. The van der Waals surface area contributed by atoms with Gasteiger partial charge >= 0.3 is 0 Å². The predicted octanol–water partition coefficient (Wildman–Crippen LogP) is 4.56. The Balaban J connectivity index is 1.85. The molecule has 2 aromatic carbocycles. The molecule has 0 saturated heterocycles. The number of hydrogen-bond acceptors (Lipinski definition) is 5. The van der Waals surface area contributed by atoms with Crippen molar-refractivity contribution in [2.24, 2.45) is 5.10 Å². The van der Waals surface area contributed by atoms with Crippen molar-refractivity contribution in [1.29, 1.82) is 0 Å². The zero-order valence-corrected chi connectivity index (χ0v) is 15.9. The minimum Gasteiger partial charge on any atom is -0.496 e. The first kappa shape index (κ1) is 18.6. The fourth-order valence-corrected chi connectivity index (χ4v) is 2.71. The van der Waals surface area contributed by atoms with E-state index in [0.717, 1.165) is 22.6 Å². The van der Waals surface area contributed by atoms with Crippen molar-refractivity contribution in [1.82, 2.24) is 14.9 Å². The highest BCUT2D eigenvalue weighted by molar-refractivity contribution is 7.71. The summed E-state index contributed by atoms with van der Waals surface area (Å²) >= 11 is 5.30. The van der Waals surface area contributed by atoms with Crippen molar-refractivity contribution in [2.75, 3.05) is 13.7 Å². The summed E-state index contributed by atoms with van der Waals surface area (Å²) in [5.41, 5.74) is 1.83. The third-order valence-corrected chi connectivity index (χ3v) is 4.00. The van der Waals surface area contributed by atoms with Crippen LogP contribution in [0.4, 0.5) is 0 Å². The van der Waals surface area contributed by atoms with Crippen molar-refractivity contribution in [2.45, 2.75) is 6.92 Å². The van der Waals surface area contributed by atoms with E-state index in [9.17, 15) is 0 Å². The topological polar surface area (TPSA) is 64.4 Å². The number of ether oxygens (including phenoxy) is 2. The molecule has 7 heteroatoms. The Kier molecular flexibility index (Phi) is 6.17. The van der Waals surface area contributed by atoms with Gasteiger partial charge in [-0.1, -0.05) is 30.3 Å². The van der Waals surface area contributed by atoms with Gasteiger partial charge in [-0.3, -0.25) is 0 Å². The number of aromatic amines is 1. The average Bonchev–Trinajstić information content (AvgIpc) is 3.06. The summed E-state index contributed by atoms with van der Waals surface area (Å²) in [5, 5.41) is 11.5. The quantitative estimate of drug-likeness (QED) is 0.482. The molecule has 1 N–H and O–H groups in total. The van der Waals surface area contributed by atoms with Gasteiger partial charge in [0.1, 0.15) is 11.5 Å². The molecule has 0 atom stereocenters. The Morgan fingerprint density at radius 1 is 1.22 bits per heavy atom. The normalized spacial score (nSPS) is 11.3. The minimum atomic E-state index is 0.411. The second-order valence-electron chi connectivity index (χ2n) is 5.49. The second kappa shape index (κ2) is 8.95. The zero-order valence-electron chi connectivity index (χ0n) is 15.1.